The smallest absolute Gasteiger partial charge is 0.307 e. The third-order valence-electron chi connectivity index (χ3n) is 5.04. The molecule has 0 amide bonds. The molecule has 0 spiro atoms. The molecule has 0 bridgehead atoms. The van der Waals surface area contributed by atoms with Crippen molar-refractivity contribution in [1.82, 2.24) is 10.0 Å². The zero-order valence-corrected chi connectivity index (χ0v) is 14.5. The summed E-state index contributed by atoms with van der Waals surface area (Å²) in [7, 11) is 3.19. The van der Waals surface area contributed by atoms with Crippen molar-refractivity contribution < 1.29 is 14.3 Å². The van der Waals surface area contributed by atoms with Crippen molar-refractivity contribution in [2.45, 2.75) is 31.3 Å². The van der Waals surface area contributed by atoms with Crippen LogP contribution in [0.5, 0.6) is 0 Å². The van der Waals surface area contributed by atoms with Gasteiger partial charge in [-0.3, -0.25) is 4.79 Å². The molecule has 130 valence electrons. The van der Waals surface area contributed by atoms with E-state index in [9.17, 15) is 4.79 Å². The molecule has 24 heavy (non-hydrogen) atoms. The highest BCUT2D eigenvalue weighted by Gasteiger charge is 2.38. The molecule has 3 rings (SSSR count). The number of fused-ring (bicyclic) bond motifs is 1. The SMILES string of the molecule is C=C1CN(N2CCC[C@H]2COC)C(CC(=O)OC)c2ccccc21. The lowest BCUT2D eigenvalue weighted by atomic mass is 9.89. The number of hydrogen-bond donors (Lipinski definition) is 0. The van der Waals surface area contributed by atoms with Crippen LogP contribution in [0.25, 0.3) is 5.57 Å². The molecule has 2 aliphatic rings. The first-order chi connectivity index (χ1) is 11.7. The molecule has 0 N–H and O–H groups in total. The molecule has 1 saturated heterocycles. The summed E-state index contributed by atoms with van der Waals surface area (Å²) in [6.07, 6.45) is 2.60. The molecule has 0 aliphatic carbocycles. The van der Waals surface area contributed by atoms with E-state index in [2.05, 4.69) is 28.7 Å². The van der Waals surface area contributed by atoms with Crippen LogP contribution in [0.3, 0.4) is 0 Å². The molecule has 0 aromatic heterocycles. The van der Waals surface area contributed by atoms with Crippen LogP contribution in [0.2, 0.25) is 0 Å². The maximum Gasteiger partial charge on any atom is 0.307 e. The second-order valence-electron chi connectivity index (χ2n) is 6.50. The van der Waals surface area contributed by atoms with Gasteiger partial charge in [0.25, 0.3) is 0 Å². The molecular formula is C19H26N2O3. The fourth-order valence-electron chi connectivity index (χ4n) is 3.91. The molecule has 5 heteroatoms. The lowest BCUT2D eigenvalue weighted by Gasteiger charge is -2.45. The molecule has 1 fully saturated rings. The van der Waals surface area contributed by atoms with Crippen LogP contribution in [0, 0.1) is 0 Å². The third kappa shape index (κ3) is 3.24. The van der Waals surface area contributed by atoms with Gasteiger partial charge in [-0.15, -0.1) is 0 Å². The van der Waals surface area contributed by atoms with E-state index in [1.54, 1.807) is 7.11 Å². The molecule has 1 aromatic rings. The highest BCUT2D eigenvalue weighted by molar-refractivity contribution is 5.74. The zero-order valence-electron chi connectivity index (χ0n) is 14.5. The minimum atomic E-state index is -0.185. The Morgan fingerprint density at radius 2 is 2.08 bits per heavy atom. The van der Waals surface area contributed by atoms with Crippen LogP contribution in [0.4, 0.5) is 0 Å². The van der Waals surface area contributed by atoms with Gasteiger partial charge in [0, 0.05) is 26.2 Å². The summed E-state index contributed by atoms with van der Waals surface area (Å²) in [6, 6.07) is 8.58. The largest absolute Gasteiger partial charge is 0.469 e. The summed E-state index contributed by atoms with van der Waals surface area (Å²) < 4.78 is 10.3. The third-order valence-corrected chi connectivity index (χ3v) is 5.04. The first-order valence-electron chi connectivity index (χ1n) is 8.51. The Balaban J connectivity index is 1.94. The van der Waals surface area contributed by atoms with E-state index in [0.717, 1.165) is 42.6 Å². The summed E-state index contributed by atoms with van der Waals surface area (Å²) in [5.41, 5.74) is 3.40. The van der Waals surface area contributed by atoms with Crippen LogP contribution in [0.1, 0.15) is 36.4 Å². The first kappa shape index (κ1) is 17.1. The van der Waals surface area contributed by atoms with Crippen molar-refractivity contribution in [2.75, 3.05) is 33.9 Å². The first-order valence-corrected chi connectivity index (χ1v) is 8.51. The number of ether oxygens (including phenoxy) is 2. The summed E-state index contributed by atoms with van der Waals surface area (Å²) in [5, 5.41) is 4.68. The molecule has 2 heterocycles. The van der Waals surface area contributed by atoms with Crippen molar-refractivity contribution in [3.63, 3.8) is 0 Å². The quantitative estimate of drug-likeness (QED) is 0.777. The van der Waals surface area contributed by atoms with E-state index in [1.165, 1.54) is 7.11 Å². The number of hydrogen-bond acceptors (Lipinski definition) is 5. The van der Waals surface area contributed by atoms with Crippen molar-refractivity contribution in [1.29, 1.82) is 0 Å². The van der Waals surface area contributed by atoms with Crippen LogP contribution >= 0.6 is 0 Å². The van der Waals surface area contributed by atoms with Gasteiger partial charge in [-0.1, -0.05) is 30.8 Å². The molecule has 1 unspecified atom stereocenters. The fraction of sp³-hybridized carbons (Fsp3) is 0.526. The number of carbonyl (C=O) groups is 1. The van der Waals surface area contributed by atoms with Crippen molar-refractivity contribution in [3.8, 4) is 0 Å². The molecule has 2 atom stereocenters. The summed E-state index contributed by atoms with van der Waals surface area (Å²) in [6.45, 7) is 6.69. The predicted molar refractivity (Wildman–Crippen MR) is 93.2 cm³/mol. The van der Waals surface area contributed by atoms with Crippen LogP contribution < -0.4 is 0 Å². The van der Waals surface area contributed by atoms with E-state index in [4.69, 9.17) is 9.47 Å². The number of methoxy groups -OCH3 is 2. The maximum absolute atomic E-state index is 12.0. The molecule has 5 nitrogen and oxygen atoms in total. The molecule has 0 radical (unpaired) electrons. The topological polar surface area (TPSA) is 42.0 Å². The normalized spacial score (nSPS) is 24.8. The van der Waals surface area contributed by atoms with Crippen molar-refractivity contribution in [3.05, 3.63) is 42.0 Å². The highest BCUT2D eigenvalue weighted by atomic mass is 16.5. The standard InChI is InChI=1S/C19H26N2O3/c1-14-12-21(20-10-6-7-15(20)13-23-2)18(11-19(22)24-3)17-9-5-4-8-16(14)17/h4-5,8-9,15,18H,1,6-7,10-13H2,2-3H3/t15-,18?/m0/s1. The van der Waals surface area contributed by atoms with Gasteiger partial charge in [-0.25, -0.2) is 10.0 Å². The van der Waals surface area contributed by atoms with Crippen molar-refractivity contribution in [2.24, 2.45) is 0 Å². The van der Waals surface area contributed by atoms with Gasteiger partial charge in [0.15, 0.2) is 0 Å². The predicted octanol–water partition coefficient (Wildman–Crippen LogP) is 2.65. The van der Waals surface area contributed by atoms with Gasteiger partial charge >= 0.3 is 5.97 Å². The Labute approximate surface area is 143 Å². The van der Waals surface area contributed by atoms with E-state index >= 15 is 0 Å². The summed E-state index contributed by atoms with van der Waals surface area (Å²) in [4.78, 5) is 12.0. The molecule has 2 aliphatic heterocycles. The lowest BCUT2D eigenvalue weighted by Crippen LogP contribution is -2.51. The van der Waals surface area contributed by atoms with E-state index in [-0.39, 0.29) is 12.0 Å². The average molecular weight is 330 g/mol. The number of esters is 1. The Kier molecular flexibility index (Phi) is 5.33. The van der Waals surface area contributed by atoms with Gasteiger partial charge in [0.1, 0.15) is 0 Å². The zero-order chi connectivity index (χ0) is 17.1. The molecular weight excluding hydrogens is 304 g/mol. The molecule has 0 saturated carbocycles. The number of hydrazine groups is 1. The van der Waals surface area contributed by atoms with Gasteiger partial charge in [0.2, 0.25) is 0 Å². The van der Waals surface area contributed by atoms with Gasteiger partial charge < -0.3 is 9.47 Å². The maximum atomic E-state index is 12.0. The Bertz CT molecular complexity index is 616. The average Bonchev–Trinajstić information content (AvgIpc) is 3.05. The van der Waals surface area contributed by atoms with Crippen LogP contribution in [-0.4, -0.2) is 55.9 Å². The second kappa shape index (κ2) is 7.47. The van der Waals surface area contributed by atoms with Crippen LogP contribution in [-0.2, 0) is 14.3 Å². The van der Waals surface area contributed by atoms with Crippen LogP contribution in [0.15, 0.2) is 30.8 Å². The fourth-order valence-corrected chi connectivity index (χ4v) is 3.91. The van der Waals surface area contributed by atoms with E-state index in [1.807, 2.05) is 12.1 Å². The summed E-state index contributed by atoms with van der Waals surface area (Å²) >= 11 is 0. The minimum absolute atomic E-state index is 0.0170. The van der Waals surface area contributed by atoms with Gasteiger partial charge in [-0.2, -0.15) is 0 Å². The summed E-state index contributed by atoms with van der Waals surface area (Å²) in [5.74, 6) is -0.185. The highest BCUT2D eigenvalue weighted by Crippen LogP contribution is 2.39. The monoisotopic (exact) mass is 330 g/mol. The van der Waals surface area contributed by atoms with E-state index < -0.39 is 0 Å². The number of rotatable bonds is 5. The van der Waals surface area contributed by atoms with Gasteiger partial charge in [0.05, 0.1) is 26.2 Å². The number of benzene rings is 1. The molecule has 1 aromatic carbocycles. The second-order valence-corrected chi connectivity index (χ2v) is 6.50. The Hall–Kier alpha value is -1.69. The number of nitrogens with zero attached hydrogens (tertiary/aromatic N) is 2. The van der Waals surface area contributed by atoms with Crippen molar-refractivity contribution >= 4 is 11.5 Å². The van der Waals surface area contributed by atoms with Gasteiger partial charge in [-0.05, 0) is 29.5 Å². The Morgan fingerprint density at radius 1 is 1.29 bits per heavy atom. The lowest BCUT2D eigenvalue weighted by molar-refractivity contribution is -0.146. The Morgan fingerprint density at radius 3 is 2.83 bits per heavy atom. The number of carbonyl (C=O) groups excluding carboxylic acids is 1. The minimum Gasteiger partial charge on any atom is -0.469 e. The van der Waals surface area contributed by atoms with E-state index in [0.29, 0.717) is 19.1 Å².